The first-order chi connectivity index (χ1) is 11.9. The summed E-state index contributed by atoms with van der Waals surface area (Å²) in [4.78, 5) is 25.2. The van der Waals surface area contributed by atoms with E-state index >= 15 is 0 Å². The van der Waals surface area contributed by atoms with Crippen LogP contribution in [0.4, 0.5) is 0 Å². The zero-order chi connectivity index (χ0) is 18.0. The number of thioether (sulfide) groups is 1. The molecule has 3 rings (SSSR count). The van der Waals surface area contributed by atoms with E-state index in [4.69, 9.17) is 12.2 Å². The summed E-state index contributed by atoms with van der Waals surface area (Å²) in [6.07, 6.45) is 1.75. The molecule has 0 unspecified atom stereocenters. The SMILES string of the molecule is Cc1cccc(/C=C2\SC(=S)N(NC(=O)c3ccc(O)cc3)C2=O)c1. The second kappa shape index (κ2) is 7.08. The van der Waals surface area contributed by atoms with E-state index in [-0.39, 0.29) is 16.0 Å². The van der Waals surface area contributed by atoms with E-state index in [0.29, 0.717) is 10.5 Å². The lowest BCUT2D eigenvalue weighted by Gasteiger charge is -2.15. The van der Waals surface area contributed by atoms with Gasteiger partial charge in [0.2, 0.25) is 0 Å². The Morgan fingerprint density at radius 2 is 1.96 bits per heavy atom. The predicted molar refractivity (Wildman–Crippen MR) is 102 cm³/mol. The minimum absolute atomic E-state index is 0.0586. The van der Waals surface area contributed by atoms with Crippen molar-refractivity contribution in [1.82, 2.24) is 10.4 Å². The molecule has 1 saturated heterocycles. The maximum absolute atomic E-state index is 12.5. The van der Waals surface area contributed by atoms with Crippen molar-refractivity contribution >= 4 is 46.2 Å². The van der Waals surface area contributed by atoms with Gasteiger partial charge < -0.3 is 5.11 Å². The summed E-state index contributed by atoms with van der Waals surface area (Å²) in [6.45, 7) is 1.97. The molecule has 0 radical (unpaired) electrons. The lowest BCUT2D eigenvalue weighted by Crippen LogP contribution is -2.44. The quantitative estimate of drug-likeness (QED) is 0.641. The molecular formula is C18H14N2O3S2. The fraction of sp³-hybridized carbons (Fsp3) is 0.0556. The Kier molecular flexibility index (Phi) is 4.87. The standard InChI is InChI=1S/C18H14N2O3S2/c1-11-3-2-4-12(9-11)10-15-17(23)20(18(24)25-15)19-16(22)13-5-7-14(21)8-6-13/h2-10,21H,1H3,(H,19,22)/b15-10-. The average molecular weight is 370 g/mol. The van der Waals surface area contributed by atoms with Gasteiger partial charge in [-0.1, -0.05) is 41.6 Å². The molecule has 0 bridgehead atoms. The Morgan fingerprint density at radius 1 is 1.24 bits per heavy atom. The van der Waals surface area contributed by atoms with Crippen LogP contribution in [0, 0.1) is 6.92 Å². The molecule has 126 valence electrons. The topological polar surface area (TPSA) is 69.6 Å². The number of aryl methyl sites for hydroxylation is 1. The molecule has 1 heterocycles. The van der Waals surface area contributed by atoms with E-state index in [2.05, 4.69) is 5.43 Å². The zero-order valence-corrected chi connectivity index (χ0v) is 14.9. The lowest BCUT2D eigenvalue weighted by molar-refractivity contribution is -0.123. The van der Waals surface area contributed by atoms with E-state index in [1.54, 1.807) is 6.08 Å². The van der Waals surface area contributed by atoms with Crippen molar-refractivity contribution in [3.8, 4) is 5.75 Å². The molecule has 0 saturated carbocycles. The number of thiocarbonyl (C=S) groups is 1. The number of benzene rings is 2. The summed E-state index contributed by atoms with van der Waals surface area (Å²) in [5.74, 6) is -0.792. The summed E-state index contributed by atoms with van der Waals surface area (Å²) in [5.41, 5.74) is 4.80. The molecule has 0 spiro atoms. The third kappa shape index (κ3) is 3.89. The number of rotatable bonds is 3. The van der Waals surface area contributed by atoms with Gasteiger partial charge in [0.05, 0.1) is 4.91 Å². The first-order valence-corrected chi connectivity index (χ1v) is 8.61. The Balaban J connectivity index is 1.77. The Labute approximate surface area is 154 Å². The summed E-state index contributed by atoms with van der Waals surface area (Å²) in [5, 5.41) is 10.3. The van der Waals surface area contributed by atoms with Crippen molar-refractivity contribution in [2.45, 2.75) is 6.92 Å². The maximum Gasteiger partial charge on any atom is 0.285 e. The molecule has 0 aliphatic carbocycles. The predicted octanol–water partition coefficient (Wildman–Crippen LogP) is 3.25. The van der Waals surface area contributed by atoms with Crippen molar-refractivity contribution < 1.29 is 14.7 Å². The second-order valence-corrected chi connectivity index (χ2v) is 7.09. The Bertz CT molecular complexity index is 891. The molecule has 2 amide bonds. The summed E-state index contributed by atoms with van der Waals surface area (Å²) < 4.78 is 0.260. The van der Waals surface area contributed by atoms with Gasteiger partial charge in [-0.25, -0.2) is 0 Å². The molecule has 1 aliphatic heterocycles. The minimum atomic E-state index is -0.479. The highest BCUT2D eigenvalue weighted by Gasteiger charge is 2.33. The first kappa shape index (κ1) is 17.2. The molecule has 2 aromatic carbocycles. The normalized spacial score (nSPS) is 15.7. The van der Waals surface area contributed by atoms with Crippen molar-refractivity contribution in [2.24, 2.45) is 0 Å². The van der Waals surface area contributed by atoms with Crippen molar-refractivity contribution in [1.29, 1.82) is 0 Å². The van der Waals surface area contributed by atoms with Gasteiger partial charge in [0, 0.05) is 5.56 Å². The molecule has 0 atom stereocenters. The van der Waals surface area contributed by atoms with Crippen LogP contribution in [-0.4, -0.2) is 26.3 Å². The van der Waals surface area contributed by atoms with E-state index in [0.717, 1.165) is 27.9 Å². The highest BCUT2D eigenvalue weighted by Crippen LogP contribution is 2.31. The van der Waals surface area contributed by atoms with Crippen LogP contribution >= 0.6 is 24.0 Å². The van der Waals surface area contributed by atoms with Gasteiger partial charge in [0.15, 0.2) is 4.32 Å². The molecule has 25 heavy (non-hydrogen) atoms. The van der Waals surface area contributed by atoms with Gasteiger partial charge in [-0.3, -0.25) is 15.0 Å². The number of hydrazine groups is 1. The van der Waals surface area contributed by atoms with Crippen LogP contribution in [0.25, 0.3) is 6.08 Å². The monoisotopic (exact) mass is 370 g/mol. The number of carbonyl (C=O) groups excluding carboxylic acids is 2. The third-order valence-electron chi connectivity index (χ3n) is 3.48. The molecule has 7 heteroatoms. The van der Waals surface area contributed by atoms with E-state index in [9.17, 15) is 14.7 Å². The maximum atomic E-state index is 12.5. The largest absolute Gasteiger partial charge is 0.508 e. The van der Waals surface area contributed by atoms with Gasteiger partial charge >= 0.3 is 0 Å². The summed E-state index contributed by atoms with van der Waals surface area (Å²) >= 11 is 6.33. The fourth-order valence-corrected chi connectivity index (χ4v) is 3.43. The van der Waals surface area contributed by atoms with Gasteiger partial charge in [-0.2, -0.15) is 5.01 Å². The highest BCUT2D eigenvalue weighted by atomic mass is 32.2. The first-order valence-electron chi connectivity index (χ1n) is 7.39. The number of phenolic OH excluding ortho intramolecular Hbond substituents is 1. The molecule has 2 N–H and O–H groups in total. The molecule has 0 aromatic heterocycles. The van der Waals surface area contributed by atoms with Gasteiger partial charge in [-0.15, -0.1) is 0 Å². The average Bonchev–Trinajstić information content (AvgIpc) is 2.83. The number of carbonyl (C=O) groups is 2. The van der Waals surface area contributed by atoms with E-state index in [1.807, 2.05) is 31.2 Å². The third-order valence-corrected chi connectivity index (χ3v) is 4.78. The van der Waals surface area contributed by atoms with Gasteiger partial charge in [-0.05, 0) is 55.0 Å². The van der Waals surface area contributed by atoms with Crippen LogP contribution in [0.3, 0.4) is 0 Å². The number of hydrogen-bond acceptors (Lipinski definition) is 5. The molecule has 1 fully saturated rings. The van der Waals surface area contributed by atoms with E-state index < -0.39 is 5.91 Å². The summed E-state index contributed by atoms with van der Waals surface area (Å²) in [6, 6.07) is 13.5. The van der Waals surface area contributed by atoms with Crippen LogP contribution in [0.1, 0.15) is 21.5 Å². The Morgan fingerprint density at radius 3 is 2.64 bits per heavy atom. The summed E-state index contributed by atoms with van der Waals surface area (Å²) in [7, 11) is 0. The zero-order valence-electron chi connectivity index (χ0n) is 13.2. The van der Waals surface area contributed by atoms with Crippen LogP contribution in [0.15, 0.2) is 53.4 Å². The van der Waals surface area contributed by atoms with Crippen LogP contribution < -0.4 is 5.43 Å². The smallest absolute Gasteiger partial charge is 0.285 e. The lowest BCUT2D eigenvalue weighted by atomic mass is 10.1. The van der Waals surface area contributed by atoms with Crippen molar-refractivity contribution in [3.05, 3.63) is 70.1 Å². The fourth-order valence-electron chi connectivity index (χ4n) is 2.25. The Hall–Kier alpha value is -2.64. The number of phenols is 1. The van der Waals surface area contributed by atoms with Gasteiger partial charge in [0.1, 0.15) is 5.75 Å². The number of hydrogen-bond donors (Lipinski definition) is 2. The molecule has 1 aliphatic rings. The molecule has 5 nitrogen and oxygen atoms in total. The van der Waals surface area contributed by atoms with Crippen LogP contribution in [0.2, 0.25) is 0 Å². The van der Waals surface area contributed by atoms with Gasteiger partial charge in [0.25, 0.3) is 11.8 Å². The number of amides is 2. The van der Waals surface area contributed by atoms with Crippen LogP contribution in [-0.2, 0) is 4.79 Å². The second-order valence-electron chi connectivity index (χ2n) is 5.42. The van der Waals surface area contributed by atoms with Crippen molar-refractivity contribution in [2.75, 3.05) is 0 Å². The molecule has 2 aromatic rings. The number of aromatic hydroxyl groups is 1. The van der Waals surface area contributed by atoms with Crippen LogP contribution in [0.5, 0.6) is 5.75 Å². The number of nitrogens with one attached hydrogen (secondary N) is 1. The van der Waals surface area contributed by atoms with Crippen molar-refractivity contribution in [3.63, 3.8) is 0 Å². The highest BCUT2D eigenvalue weighted by molar-refractivity contribution is 8.26. The number of nitrogens with zero attached hydrogens (tertiary/aromatic N) is 1. The minimum Gasteiger partial charge on any atom is -0.508 e. The molecular weight excluding hydrogens is 356 g/mol. The van der Waals surface area contributed by atoms with E-state index in [1.165, 1.54) is 24.3 Å².